The van der Waals surface area contributed by atoms with Crippen LogP contribution in [0.2, 0.25) is 5.02 Å². The Hall–Kier alpha value is -1.59. The Bertz CT molecular complexity index is 477. The molecular formula is C14H19ClN2O3. The first kappa shape index (κ1) is 16.5. The fourth-order valence-electron chi connectivity index (χ4n) is 1.69. The molecule has 1 aromatic carbocycles. The highest BCUT2D eigenvalue weighted by Crippen LogP contribution is 2.16. The zero-order valence-corrected chi connectivity index (χ0v) is 12.4. The molecule has 0 spiro atoms. The zero-order valence-electron chi connectivity index (χ0n) is 11.7. The molecule has 0 atom stereocenters. The van der Waals surface area contributed by atoms with Crippen LogP contribution in [-0.4, -0.2) is 60.5 Å². The first-order chi connectivity index (χ1) is 9.40. The van der Waals surface area contributed by atoms with E-state index < -0.39 is 5.97 Å². The van der Waals surface area contributed by atoms with Gasteiger partial charge in [-0.05, 0) is 25.7 Å². The number of carbonyl (C=O) groups excluding carboxylic acids is 1. The second-order valence-corrected chi connectivity index (χ2v) is 5.19. The summed E-state index contributed by atoms with van der Waals surface area (Å²) in [4.78, 5) is 26.3. The first-order valence-corrected chi connectivity index (χ1v) is 6.65. The Balaban J connectivity index is 2.72. The summed E-state index contributed by atoms with van der Waals surface area (Å²) in [7, 11) is 3.75. The number of halogens is 1. The minimum atomic E-state index is -1.02. The van der Waals surface area contributed by atoms with Crippen molar-refractivity contribution in [1.29, 1.82) is 0 Å². The highest BCUT2D eigenvalue weighted by atomic mass is 35.5. The quantitative estimate of drug-likeness (QED) is 0.825. The number of rotatable bonds is 7. The van der Waals surface area contributed by atoms with Gasteiger partial charge in [-0.15, -0.1) is 0 Å². The molecule has 0 bridgehead atoms. The lowest BCUT2D eigenvalue weighted by molar-refractivity contribution is -0.144. The van der Waals surface area contributed by atoms with Crippen LogP contribution in [0.15, 0.2) is 24.3 Å². The third kappa shape index (κ3) is 5.59. The van der Waals surface area contributed by atoms with Crippen LogP contribution in [0.25, 0.3) is 0 Å². The smallest absolute Gasteiger partial charge is 0.323 e. The maximum absolute atomic E-state index is 12.2. The van der Waals surface area contributed by atoms with Crippen LogP contribution in [0.3, 0.4) is 0 Å². The average Bonchev–Trinajstić information content (AvgIpc) is 2.36. The summed E-state index contributed by atoms with van der Waals surface area (Å²) in [5.74, 6) is -1.25. The lowest BCUT2D eigenvalue weighted by Gasteiger charge is -2.23. The summed E-state index contributed by atoms with van der Waals surface area (Å²) in [6, 6.07) is 7.07. The van der Waals surface area contributed by atoms with E-state index in [2.05, 4.69) is 0 Å². The van der Waals surface area contributed by atoms with Gasteiger partial charge in [-0.3, -0.25) is 9.59 Å². The monoisotopic (exact) mass is 298 g/mol. The first-order valence-electron chi connectivity index (χ1n) is 6.28. The molecular weight excluding hydrogens is 280 g/mol. The van der Waals surface area contributed by atoms with Crippen molar-refractivity contribution in [3.05, 3.63) is 34.9 Å². The van der Waals surface area contributed by atoms with Crippen molar-refractivity contribution < 1.29 is 14.7 Å². The normalized spacial score (nSPS) is 10.6. The van der Waals surface area contributed by atoms with Crippen molar-refractivity contribution in [3.63, 3.8) is 0 Å². The highest BCUT2D eigenvalue weighted by Gasteiger charge is 2.18. The van der Waals surface area contributed by atoms with Gasteiger partial charge in [0.1, 0.15) is 6.54 Å². The van der Waals surface area contributed by atoms with Gasteiger partial charge < -0.3 is 14.9 Å². The van der Waals surface area contributed by atoms with Crippen molar-refractivity contribution in [2.24, 2.45) is 0 Å². The van der Waals surface area contributed by atoms with Gasteiger partial charge in [-0.2, -0.15) is 0 Å². The van der Waals surface area contributed by atoms with Gasteiger partial charge in [0.2, 0.25) is 5.91 Å². The fourth-order valence-corrected chi connectivity index (χ4v) is 1.89. The van der Waals surface area contributed by atoms with E-state index >= 15 is 0 Å². The number of carboxylic acids is 1. The van der Waals surface area contributed by atoms with Gasteiger partial charge >= 0.3 is 5.97 Å². The molecule has 1 aromatic rings. The van der Waals surface area contributed by atoms with Gasteiger partial charge in [0, 0.05) is 18.1 Å². The third-order valence-electron chi connectivity index (χ3n) is 2.80. The molecule has 0 heterocycles. The number of amides is 1. The van der Waals surface area contributed by atoms with Crippen LogP contribution in [-0.2, 0) is 16.0 Å². The maximum atomic E-state index is 12.2. The van der Waals surface area contributed by atoms with Gasteiger partial charge in [0.25, 0.3) is 0 Å². The van der Waals surface area contributed by atoms with Crippen molar-refractivity contribution in [2.45, 2.75) is 6.42 Å². The molecule has 0 aromatic heterocycles. The third-order valence-corrected chi connectivity index (χ3v) is 3.16. The second kappa shape index (κ2) is 7.87. The summed E-state index contributed by atoms with van der Waals surface area (Å²) < 4.78 is 0. The number of benzene rings is 1. The Morgan fingerprint density at radius 3 is 2.40 bits per heavy atom. The SMILES string of the molecule is CN(C)CCN(CC(=O)O)C(=O)Cc1ccccc1Cl. The van der Waals surface area contributed by atoms with E-state index in [-0.39, 0.29) is 18.9 Å². The van der Waals surface area contributed by atoms with Crippen LogP contribution in [0.5, 0.6) is 0 Å². The van der Waals surface area contributed by atoms with Crippen LogP contribution in [0, 0.1) is 0 Å². The summed E-state index contributed by atoms with van der Waals surface area (Å²) in [6.45, 7) is 0.696. The number of carbonyl (C=O) groups is 2. The van der Waals surface area contributed by atoms with Crippen LogP contribution >= 0.6 is 11.6 Å². The van der Waals surface area contributed by atoms with Crippen LogP contribution < -0.4 is 0 Å². The molecule has 20 heavy (non-hydrogen) atoms. The van der Waals surface area contributed by atoms with Gasteiger partial charge in [-0.1, -0.05) is 29.8 Å². The molecule has 6 heteroatoms. The Labute approximate surface area is 123 Å². The molecule has 0 aliphatic rings. The van der Waals surface area contributed by atoms with E-state index in [0.29, 0.717) is 23.7 Å². The number of hydrogen-bond donors (Lipinski definition) is 1. The second-order valence-electron chi connectivity index (χ2n) is 4.78. The molecule has 0 saturated heterocycles. The van der Waals surface area contributed by atoms with E-state index in [0.717, 1.165) is 0 Å². The largest absolute Gasteiger partial charge is 0.480 e. The Morgan fingerprint density at radius 2 is 1.85 bits per heavy atom. The molecule has 0 aliphatic heterocycles. The number of hydrogen-bond acceptors (Lipinski definition) is 3. The molecule has 0 saturated carbocycles. The Morgan fingerprint density at radius 1 is 1.20 bits per heavy atom. The van der Waals surface area contributed by atoms with Crippen LogP contribution in [0.4, 0.5) is 0 Å². The lowest BCUT2D eigenvalue weighted by atomic mass is 10.1. The fraction of sp³-hybridized carbons (Fsp3) is 0.429. The molecule has 5 nitrogen and oxygen atoms in total. The molecule has 1 rings (SSSR count). The Kier molecular flexibility index (Phi) is 6.48. The van der Waals surface area contributed by atoms with E-state index in [1.807, 2.05) is 19.0 Å². The van der Waals surface area contributed by atoms with Crippen molar-refractivity contribution in [2.75, 3.05) is 33.7 Å². The standard InChI is InChI=1S/C14H19ClN2O3/c1-16(2)7-8-17(10-14(19)20)13(18)9-11-5-3-4-6-12(11)15/h3-6H,7-10H2,1-2H3,(H,19,20). The molecule has 110 valence electrons. The summed E-state index contributed by atoms with van der Waals surface area (Å²) in [5.41, 5.74) is 0.708. The molecule has 0 unspecified atom stereocenters. The van der Waals surface area contributed by atoms with Crippen molar-refractivity contribution >= 4 is 23.5 Å². The van der Waals surface area contributed by atoms with Gasteiger partial charge in [-0.25, -0.2) is 0 Å². The minimum Gasteiger partial charge on any atom is -0.480 e. The molecule has 0 aliphatic carbocycles. The zero-order chi connectivity index (χ0) is 15.1. The van der Waals surface area contributed by atoms with Crippen molar-refractivity contribution in [3.8, 4) is 0 Å². The van der Waals surface area contributed by atoms with Crippen LogP contribution in [0.1, 0.15) is 5.56 Å². The number of likely N-dealkylation sites (N-methyl/N-ethyl adjacent to an activating group) is 1. The molecule has 1 N–H and O–H groups in total. The van der Waals surface area contributed by atoms with Gasteiger partial charge in [0.05, 0.1) is 6.42 Å². The average molecular weight is 299 g/mol. The van der Waals surface area contributed by atoms with E-state index in [9.17, 15) is 9.59 Å². The highest BCUT2D eigenvalue weighted by molar-refractivity contribution is 6.31. The lowest BCUT2D eigenvalue weighted by Crippen LogP contribution is -2.40. The van der Waals surface area contributed by atoms with E-state index in [1.54, 1.807) is 24.3 Å². The van der Waals surface area contributed by atoms with Crippen molar-refractivity contribution in [1.82, 2.24) is 9.80 Å². The van der Waals surface area contributed by atoms with E-state index in [1.165, 1.54) is 4.90 Å². The topological polar surface area (TPSA) is 60.9 Å². The molecule has 1 amide bonds. The number of nitrogens with zero attached hydrogens (tertiary/aromatic N) is 2. The minimum absolute atomic E-state index is 0.111. The predicted molar refractivity (Wildman–Crippen MR) is 77.9 cm³/mol. The summed E-state index contributed by atoms with van der Waals surface area (Å²) in [6.07, 6.45) is 0.111. The predicted octanol–water partition coefficient (Wildman–Crippen LogP) is 1.36. The molecule has 0 radical (unpaired) electrons. The number of carboxylic acid groups (broad SMARTS) is 1. The number of aliphatic carboxylic acids is 1. The van der Waals surface area contributed by atoms with Gasteiger partial charge in [0.15, 0.2) is 0 Å². The summed E-state index contributed by atoms with van der Waals surface area (Å²) in [5, 5.41) is 9.40. The maximum Gasteiger partial charge on any atom is 0.323 e. The van der Waals surface area contributed by atoms with E-state index in [4.69, 9.17) is 16.7 Å². The molecule has 0 fully saturated rings. The summed E-state index contributed by atoms with van der Waals surface area (Å²) >= 11 is 6.01.